The van der Waals surface area contributed by atoms with Crippen LogP contribution in [-0.4, -0.2) is 10.0 Å². The van der Waals surface area contributed by atoms with E-state index < -0.39 is 4.92 Å². The topological polar surface area (TPSA) is 89.4 Å². The Kier molecular flexibility index (Phi) is 3.03. The van der Waals surface area contributed by atoms with Crippen molar-refractivity contribution >= 4 is 5.69 Å². The van der Waals surface area contributed by atoms with E-state index in [0.29, 0.717) is 12.0 Å². The zero-order valence-corrected chi connectivity index (χ0v) is 7.80. The molecule has 0 saturated heterocycles. The van der Waals surface area contributed by atoms with Crippen molar-refractivity contribution in [1.29, 1.82) is 0 Å². The molecular weight excluding hydrogens is 184 g/mol. The quantitative estimate of drug-likeness (QED) is 0.568. The van der Waals surface area contributed by atoms with Crippen molar-refractivity contribution in [3.63, 3.8) is 0 Å². The van der Waals surface area contributed by atoms with Gasteiger partial charge in [0.1, 0.15) is 5.75 Å². The van der Waals surface area contributed by atoms with E-state index in [4.69, 9.17) is 10.8 Å². The third kappa shape index (κ3) is 2.00. The van der Waals surface area contributed by atoms with E-state index in [-0.39, 0.29) is 17.5 Å². The maximum Gasteiger partial charge on any atom is 0.277 e. The Balaban J connectivity index is 3.21. The molecule has 3 N–H and O–H groups in total. The van der Waals surface area contributed by atoms with Gasteiger partial charge in [0.05, 0.1) is 11.0 Å². The minimum Gasteiger partial charge on any atom is -0.508 e. The molecule has 14 heavy (non-hydrogen) atoms. The van der Waals surface area contributed by atoms with Crippen LogP contribution in [0, 0.1) is 10.1 Å². The second-order valence-electron chi connectivity index (χ2n) is 3.01. The van der Waals surface area contributed by atoms with Crippen molar-refractivity contribution < 1.29 is 10.0 Å². The summed E-state index contributed by atoms with van der Waals surface area (Å²) in [4.78, 5) is 10.1. The maximum atomic E-state index is 10.6. The highest BCUT2D eigenvalue weighted by molar-refractivity contribution is 5.47. The Morgan fingerprint density at radius 2 is 2.29 bits per heavy atom. The van der Waals surface area contributed by atoms with E-state index in [1.807, 2.05) is 6.92 Å². The summed E-state index contributed by atoms with van der Waals surface area (Å²) >= 11 is 0. The Morgan fingerprint density at radius 3 is 2.79 bits per heavy atom. The zero-order valence-electron chi connectivity index (χ0n) is 7.80. The molecule has 0 spiro atoms. The fraction of sp³-hybridized carbons (Fsp3) is 0.333. The SMILES string of the molecule is CCC(N)c1ccc(O)cc1[N+](=O)[O-]. The molecule has 0 aliphatic heterocycles. The first-order valence-electron chi connectivity index (χ1n) is 4.29. The standard InChI is InChI=1S/C9H12N2O3/c1-2-8(10)7-4-3-6(12)5-9(7)11(13)14/h3-5,8,12H,2,10H2,1H3. The molecule has 1 aromatic rings. The number of phenols is 1. The van der Waals surface area contributed by atoms with Crippen LogP contribution in [-0.2, 0) is 0 Å². The fourth-order valence-corrected chi connectivity index (χ4v) is 1.22. The smallest absolute Gasteiger partial charge is 0.277 e. The average molecular weight is 196 g/mol. The van der Waals surface area contributed by atoms with Gasteiger partial charge in [-0.1, -0.05) is 6.92 Å². The second kappa shape index (κ2) is 4.06. The van der Waals surface area contributed by atoms with Crippen molar-refractivity contribution in [2.75, 3.05) is 0 Å². The molecule has 0 bridgehead atoms. The molecule has 0 aliphatic carbocycles. The van der Waals surface area contributed by atoms with Gasteiger partial charge >= 0.3 is 0 Å². The molecule has 0 aliphatic rings. The van der Waals surface area contributed by atoms with Crippen LogP contribution in [0.5, 0.6) is 5.75 Å². The second-order valence-corrected chi connectivity index (χ2v) is 3.01. The molecule has 0 aromatic heterocycles. The van der Waals surface area contributed by atoms with Gasteiger partial charge in [-0.3, -0.25) is 10.1 Å². The lowest BCUT2D eigenvalue weighted by atomic mass is 10.0. The fourth-order valence-electron chi connectivity index (χ4n) is 1.22. The highest BCUT2D eigenvalue weighted by Gasteiger charge is 2.18. The van der Waals surface area contributed by atoms with E-state index >= 15 is 0 Å². The third-order valence-electron chi connectivity index (χ3n) is 2.05. The van der Waals surface area contributed by atoms with Crippen LogP contribution in [0.3, 0.4) is 0 Å². The van der Waals surface area contributed by atoms with Crippen LogP contribution in [0.4, 0.5) is 5.69 Å². The lowest BCUT2D eigenvalue weighted by Gasteiger charge is -2.09. The molecule has 5 nitrogen and oxygen atoms in total. The van der Waals surface area contributed by atoms with Crippen LogP contribution in [0.1, 0.15) is 24.9 Å². The van der Waals surface area contributed by atoms with Gasteiger partial charge < -0.3 is 10.8 Å². The highest BCUT2D eigenvalue weighted by Crippen LogP contribution is 2.28. The number of hydrogen-bond donors (Lipinski definition) is 2. The van der Waals surface area contributed by atoms with E-state index in [2.05, 4.69) is 0 Å². The summed E-state index contributed by atoms with van der Waals surface area (Å²) in [6.45, 7) is 1.85. The van der Waals surface area contributed by atoms with Crippen molar-refractivity contribution in [3.8, 4) is 5.75 Å². The van der Waals surface area contributed by atoms with Crippen LogP contribution >= 0.6 is 0 Å². The molecule has 76 valence electrons. The van der Waals surface area contributed by atoms with Gasteiger partial charge in [-0.2, -0.15) is 0 Å². The van der Waals surface area contributed by atoms with Crippen LogP contribution in [0.2, 0.25) is 0 Å². The predicted molar refractivity (Wildman–Crippen MR) is 52.0 cm³/mol. The van der Waals surface area contributed by atoms with E-state index in [9.17, 15) is 10.1 Å². The molecule has 0 radical (unpaired) electrons. The van der Waals surface area contributed by atoms with Gasteiger partial charge in [0.2, 0.25) is 0 Å². The van der Waals surface area contributed by atoms with Crippen LogP contribution in [0.25, 0.3) is 0 Å². The van der Waals surface area contributed by atoms with Crippen molar-refractivity contribution in [2.45, 2.75) is 19.4 Å². The minimum atomic E-state index is -0.537. The van der Waals surface area contributed by atoms with Crippen molar-refractivity contribution in [2.24, 2.45) is 5.73 Å². The number of rotatable bonds is 3. The first-order valence-corrected chi connectivity index (χ1v) is 4.29. The molecule has 1 atom stereocenters. The minimum absolute atomic E-state index is 0.122. The normalized spacial score (nSPS) is 12.4. The molecule has 1 unspecified atom stereocenters. The Hall–Kier alpha value is -1.62. The van der Waals surface area contributed by atoms with Gasteiger partial charge in [0, 0.05) is 11.6 Å². The molecular formula is C9H12N2O3. The number of aromatic hydroxyl groups is 1. The number of nitrogens with zero attached hydrogens (tertiary/aromatic N) is 1. The molecule has 1 aromatic carbocycles. The molecule has 0 fully saturated rings. The summed E-state index contributed by atoms with van der Waals surface area (Å²) < 4.78 is 0. The molecule has 5 heteroatoms. The molecule has 0 heterocycles. The van der Waals surface area contributed by atoms with E-state index in [1.165, 1.54) is 12.1 Å². The Labute approximate surface area is 81.3 Å². The number of benzene rings is 1. The van der Waals surface area contributed by atoms with Gasteiger partial charge in [-0.25, -0.2) is 0 Å². The first-order chi connectivity index (χ1) is 6.56. The van der Waals surface area contributed by atoms with Gasteiger partial charge in [0.25, 0.3) is 5.69 Å². The van der Waals surface area contributed by atoms with Gasteiger partial charge in [-0.05, 0) is 18.6 Å². The largest absolute Gasteiger partial charge is 0.508 e. The summed E-state index contributed by atoms with van der Waals surface area (Å²) in [5.41, 5.74) is 6.03. The van der Waals surface area contributed by atoms with Gasteiger partial charge in [0.15, 0.2) is 0 Å². The summed E-state index contributed by atoms with van der Waals surface area (Å²) in [6.07, 6.45) is 0.617. The zero-order chi connectivity index (χ0) is 10.7. The lowest BCUT2D eigenvalue weighted by Crippen LogP contribution is -2.10. The summed E-state index contributed by atoms with van der Waals surface area (Å²) in [7, 11) is 0. The number of nitro benzene ring substituents is 1. The number of nitrogens with two attached hydrogens (primary N) is 1. The number of phenolic OH excluding ortho intramolecular Hbond substituents is 1. The lowest BCUT2D eigenvalue weighted by molar-refractivity contribution is -0.385. The summed E-state index contributed by atoms with van der Waals surface area (Å²) in [6, 6.07) is 3.64. The van der Waals surface area contributed by atoms with Crippen molar-refractivity contribution in [3.05, 3.63) is 33.9 Å². The first kappa shape index (κ1) is 10.5. The van der Waals surface area contributed by atoms with Gasteiger partial charge in [-0.15, -0.1) is 0 Å². The predicted octanol–water partition coefficient (Wildman–Crippen LogP) is 1.71. The summed E-state index contributed by atoms with van der Waals surface area (Å²) in [5, 5.41) is 19.7. The van der Waals surface area contributed by atoms with E-state index in [1.54, 1.807) is 0 Å². The molecule has 1 rings (SSSR count). The monoisotopic (exact) mass is 196 g/mol. The van der Waals surface area contributed by atoms with Crippen LogP contribution < -0.4 is 5.73 Å². The van der Waals surface area contributed by atoms with Crippen LogP contribution in [0.15, 0.2) is 18.2 Å². The maximum absolute atomic E-state index is 10.6. The van der Waals surface area contributed by atoms with Crippen molar-refractivity contribution in [1.82, 2.24) is 0 Å². The highest BCUT2D eigenvalue weighted by atomic mass is 16.6. The molecule has 0 saturated carbocycles. The summed E-state index contributed by atoms with van der Waals surface area (Å²) in [5.74, 6) is -0.122. The number of nitro groups is 1. The van der Waals surface area contributed by atoms with E-state index in [0.717, 1.165) is 6.07 Å². The third-order valence-corrected chi connectivity index (χ3v) is 2.05. The molecule has 0 amide bonds. The average Bonchev–Trinajstić information content (AvgIpc) is 2.16. The Bertz CT molecular complexity index is 352. The Morgan fingerprint density at radius 1 is 1.64 bits per heavy atom. The number of hydrogen-bond acceptors (Lipinski definition) is 4.